The maximum atomic E-state index is 3.59. The standard InChI is InChI=1S/C14H17BrN2/c1-16-8-4-5-12(16)9-11-10-17(15)14-7-3-2-6-13(11)14/h2-3,6-7,10,12H,4-5,8-9H2,1H3/t12-/m1/s1. The van der Waals surface area contributed by atoms with E-state index in [-0.39, 0.29) is 0 Å². The molecule has 0 N–H and O–H groups in total. The monoisotopic (exact) mass is 292 g/mol. The molecule has 1 saturated heterocycles. The quantitative estimate of drug-likeness (QED) is 0.823. The number of benzene rings is 1. The predicted molar refractivity (Wildman–Crippen MR) is 75.6 cm³/mol. The zero-order valence-electron chi connectivity index (χ0n) is 10.1. The second-order valence-corrected chi connectivity index (χ2v) is 5.73. The van der Waals surface area contributed by atoms with Crippen molar-refractivity contribution >= 4 is 27.1 Å². The summed E-state index contributed by atoms with van der Waals surface area (Å²) in [4.78, 5) is 2.49. The molecule has 0 amide bonds. The molecule has 3 rings (SSSR count). The minimum atomic E-state index is 0.716. The molecule has 0 aliphatic carbocycles. The molecule has 2 heterocycles. The molecular weight excluding hydrogens is 276 g/mol. The van der Waals surface area contributed by atoms with Crippen LogP contribution in [0, 0.1) is 0 Å². The Morgan fingerprint density at radius 3 is 2.94 bits per heavy atom. The van der Waals surface area contributed by atoms with Crippen LogP contribution in [-0.4, -0.2) is 28.1 Å². The van der Waals surface area contributed by atoms with Crippen molar-refractivity contribution in [3.8, 4) is 0 Å². The Labute approximate surface area is 111 Å². The van der Waals surface area contributed by atoms with Crippen LogP contribution in [0.2, 0.25) is 0 Å². The number of nitrogens with zero attached hydrogens (tertiary/aromatic N) is 2. The topological polar surface area (TPSA) is 8.17 Å². The van der Waals surface area contributed by atoms with Crippen LogP contribution < -0.4 is 0 Å². The predicted octanol–water partition coefficient (Wildman–Crippen LogP) is 3.44. The average molecular weight is 293 g/mol. The molecule has 0 radical (unpaired) electrons. The van der Waals surface area contributed by atoms with Gasteiger partial charge in [0.2, 0.25) is 0 Å². The van der Waals surface area contributed by atoms with Gasteiger partial charge in [0, 0.05) is 17.6 Å². The summed E-state index contributed by atoms with van der Waals surface area (Å²) in [5.41, 5.74) is 2.72. The number of halogens is 1. The number of hydrogen-bond donors (Lipinski definition) is 0. The van der Waals surface area contributed by atoms with Gasteiger partial charge in [-0.1, -0.05) is 18.2 Å². The maximum Gasteiger partial charge on any atom is 0.0594 e. The normalized spacial score (nSPS) is 21.4. The Kier molecular flexibility index (Phi) is 2.97. The lowest BCUT2D eigenvalue weighted by molar-refractivity contribution is 0.310. The summed E-state index contributed by atoms with van der Waals surface area (Å²) in [5, 5.41) is 1.38. The summed E-state index contributed by atoms with van der Waals surface area (Å²) >= 11 is 3.59. The lowest BCUT2D eigenvalue weighted by atomic mass is 10.0. The molecular formula is C14H17BrN2. The smallest absolute Gasteiger partial charge is 0.0594 e. The fourth-order valence-electron chi connectivity index (χ4n) is 2.86. The van der Waals surface area contributed by atoms with Crippen LogP contribution in [0.15, 0.2) is 30.5 Å². The zero-order valence-corrected chi connectivity index (χ0v) is 11.7. The van der Waals surface area contributed by atoms with Gasteiger partial charge in [0.1, 0.15) is 0 Å². The van der Waals surface area contributed by atoms with Crippen molar-refractivity contribution in [2.24, 2.45) is 0 Å². The fraction of sp³-hybridized carbons (Fsp3) is 0.429. The van der Waals surface area contributed by atoms with E-state index in [1.807, 2.05) is 0 Å². The Hall–Kier alpha value is -0.800. The molecule has 0 spiro atoms. The van der Waals surface area contributed by atoms with Crippen LogP contribution in [0.4, 0.5) is 0 Å². The number of hydrogen-bond acceptors (Lipinski definition) is 1. The van der Waals surface area contributed by atoms with E-state index >= 15 is 0 Å². The molecule has 0 unspecified atom stereocenters. The first kappa shape index (κ1) is 11.3. The number of likely N-dealkylation sites (N-methyl/N-ethyl adjacent to an activating group) is 1. The van der Waals surface area contributed by atoms with Crippen molar-refractivity contribution in [1.29, 1.82) is 0 Å². The first-order valence-electron chi connectivity index (χ1n) is 6.21. The first-order valence-corrected chi connectivity index (χ1v) is 6.92. The Bertz CT molecular complexity index is 532. The minimum absolute atomic E-state index is 0.716. The molecule has 90 valence electrons. The third-order valence-corrected chi connectivity index (χ3v) is 4.46. The highest BCUT2D eigenvalue weighted by Gasteiger charge is 2.22. The van der Waals surface area contributed by atoms with Gasteiger partial charge in [0.15, 0.2) is 0 Å². The van der Waals surface area contributed by atoms with E-state index in [2.05, 4.69) is 62.2 Å². The molecule has 1 fully saturated rings. The van der Waals surface area contributed by atoms with Crippen LogP contribution in [0.1, 0.15) is 18.4 Å². The van der Waals surface area contributed by atoms with Gasteiger partial charge in [-0.25, -0.2) is 0 Å². The SMILES string of the molecule is CN1CCC[C@@H]1Cc1cn(Br)c2ccccc12. The zero-order chi connectivity index (χ0) is 11.8. The van der Waals surface area contributed by atoms with E-state index in [1.165, 1.54) is 35.9 Å². The molecule has 1 aliphatic rings. The number of likely N-dealkylation sites (tertiary alicyclic amines) is 1. The molecule has 1 aromatic carbocycles. The molecule has 1 atom stereocenters. The molecule has 1 aromatic heterocycles. The third-order valence-electron chi connectivity index (χ3n) is 3.88. The second kappa shape index (κ2) is 4.46. The number of fused-ring (bicyclic) bond motifs is 1. The number of para-hydroxylation sites is 1. The maximum absolute atomic E-state index is 3.59. The Morgan fingerprint density at radius 1 is 1.35 bits per heavy atom. The van der Waals surface area contributed by atoms with Crippen molar-refractivity contribution in [3.05, 3.63) is 36.0 Å². The fourth-order valence-corrected chi connectivity index (χ4v) is 3.42. The van der Waals surface area contributed by atoms with Crippen molar-refractivity contribution < 1.29 is 0 Å². The Balaban J connectivity index is 1.95. The van der Waals surface area contributed by atoms with E-state index in [0.717, 1.165) is 6.42 Å². The number of aromatic nitrogens is 1. The minimum Gasteiger partial charge on any atom is -0.303 e. The lowest BCUT2D eigenvalue weighted by Gasteiger charge is -2.18. The number of rotatable bonds is 2. The molecule has 2 aromatic rings. The van der Waals surface area contributed by atoms with Gasteiger partial charge >= 0.3 is 0 Å². The van der Waals surface area contributed by atoms with Crippen LogP contribution in [0.3, 0.4) is 0 Å². The molecule has 17 heavy (non-hydrogen) atoms. The van der Waals surface area contributed by atoms with Crippen molar-refractivity contribution in [2.75, 3.05) is 13.6 Å². The first-order chi connectivity index (χ1) is 8.25. The molecule has 0 bridgehead atoms. The molecule has 2 nitrogen and oxygen atoms in total. The lowest BCUT2D eigenvalue weighted by Crippen LogP contribution is -2.26. The Morgan fingerprint density at radius 2 is 2.18 bits per heavy atom. The van der Waals surface area contributed by atoms with Gasteiger partial charge < -0.3 is 4.90 Å². The van der Waals surface area contributed by atoms with Gasteiger partial charge in [-0.15, -0.1) is 0 Å². The summed E-state index contributed by atoms with van der Waals surface area (Å²) in [6.45, 7) is 1.25. The third kappa shape index (κ3) is 2.02. The van der Waals surface area contributed by atoms with Crippen LogP contribution in [0.5, 0.6) is 0 Å². The van der Waals surface area contributed by atoms with Crippen molar-refractivity contribution in [3.63, 3.8) is 0 Å². The highest BCUT2D eigenvalue weighted by Crippen LogP contribution is 2.27. The van der Waals surface area contributed by atoms with Crippen molar-refractivity contribution in [1.82, 2.24) is 8.49 Å². The van der Waals surface area contributed by atoms with Crippen molar-refractivity contribution in [2.45, 2.75) is 25.3 Å². The highest BCUT2D eigenvalue weighted by atomic mass is 79.9. The highest BCUT2D eigenvalue weighted by molar-refractivity contribution is 9.08. The molecule has 1 aliphatic heterocycles. The summed E-state index contributed by atoms with van der Waals surface area (Å²) in [6, 6.07) is 9.31. The van der Waals surface area contributed by atoms with Crippen LogP contribution >= 0.6 is 16.1 Å². The summed E-state index contributed by atoms with van der Waals surface area (Å²) in [7, 11) is 2.24. The van der Waals surface area contributed by atoms with E-state index in [1.54, 1.807) is 0 Å². The van der Waals surface area contributed by atoms with Gasteiger partial charge in [0.05, 0.1) is 21.7 Å². The summed E-state index contributed by atoms with van der Waals surface area (Å²) < 4.78 is 2.06. The average Bonchev–Trinajstić information content (AvgIpc) is 2.87. The van der Waals surface area contributed by atoms with E-state index < -0.39 is 0 Å². The van der Waals surface area contributed by atoms with E-state index in [9.17, 15) is 0 Å². The van der Waals surface area contributed by atoms with E-state index in [4.69, 9.17) is 0 Å². The van der Waals surface area contributed by atoms with Gasteiger partial charge in [-0.05, 0) is 44.5 Å². The van der Waals surface area contributed by atoms with Gasteiger partial charge in [-0.2, -0.15) is 0 Å². The van der Waals surface area contributed by atoms with E-state index in [0.29, 0.717) is 6.04 Å². The van der Waals surface area contributed by atoms with Gasteiger partial charge in [-0.3, -0.25) is 3.59 Å². The van der Waals surface area contributed by atoms with Crippen LogP contribution in [0.25, 0.3) is 10.9 Å². The largest absolute Gasteiger partial charge is 0.303 e. The van der Waals surface area contributed by atoms with Crippen LogP contribution in [-0.2, 0) is 6.42 Å². The summed E-state index contributed by atoms with van der Waals surface area (Å²) in [5.74, 6) is 0. The summed E-state index contributed by atoms with van der Waals surface area (Å²) in [6.07, 6.45) is 6.05. The molecule has 0 saturated carbocycles. The second-order valence-electron chi connectivity index (χ2n) is 4.96. The van der Waals surface area contributed by atoms with Gasteiger partial charge in [0.25, 0.3) is 0 Å². The molecule has 3 heteroatoms.